The highest BCUT2D eigenvalue weighted by molar-refractivity contribution is 7.99. The first kappa shape index (κ1) is 14.3. The number of aryl methyl sites for hydroxylation is 1. The molecule has 0 bridgehead atoms. The number of thioether (sulfide) groups is 1. The molecule has 0 spiro atoms. The molecule has 1 aliphatic rings. The first-order chi connectivity index (χ1) is 10.0. The summed E-state index contributed by atoms with van der Waals surface area (Å²) in [4.78, 5) is 22.3. The van der Waals surface area contributed by atoms with Crippen LogP contribution in [0, 0.1) is 6.92 Å². The number of hydrogen-bond acceptors (Lipinski definition) is 5. The maximum atomic E-state index is 10.8. The summed E-state index contributed by atoms with van der Waals surface area (Å²) in [5, 5.41) is 9.67. The molecule has 6 nitrogen and oxygen atoms in total. The minimum atomic E-state index is -0.828. The van der Waals surface area contributed by atoms with Gasteiger partial charge in [-0.2, -0.15) is 0 Å². The summed E-state index contributed by atoms with van der Waals surface area (Å²) >= 11 is 1.27. The summed E-state index contributed by atoms with van der Waals surface area (Å²) in [6.45, 7) is 3.95. The van der Waals surface area contributed by atoms with Gasteiger partial charge in [0.15, 0.2) is 10.8 Å². The monoisotopic (exact) mass is 306 g/mol. The number of imidazole rings is 1. The van der Waals surface area contributed by atoms with Crippen molar-refractivity contribution in [2.24, 2.45) is 0 Å². The molecule has 1 N–H and O–H groups in total. The van der Waals surface area contributed by atoms with E-state index in [1.165, 1.54) is 11.8 Å². The maximum Gasteiger partial charge on any atom is 0.313 e. The van der Waals surface area contributed by atoms with Crippen LogP contribution in [0.4, 0.5) is 0 Å². The summed E-state index contributed by atoms with van der Waals surface area (Å²) in [5.41, 5.74) is 2.65. The molecule has 0 radical (unpaired) electrons. The second kappa shape index (κ2) is 5.65. The molecule has 7 heteroatoms. The van der Waals surface area contributed by atoms with E-state index in [0.717, 1.165) is 41.5 Å². The van der Waals surface area contributed by atoms with Crippen LogP contribution in [0.5, 0.6) is 0 Å². The lowest BCUT2D eigenvalue weighted by Gasteiger charge is -2.15. The molecule has 1 atom stereocenters. The van der Waals surface area contributed by atoms with E-state index in [-0.39, 0.29) is 5.75 Å². The zero-order valence-corrected chi connectivity index (χ0v) is 12.9. The van der Waals surface area contributed by atoms with Crippen LogP contribution in [-0.4, -0.2) is 56.4 Å². The molecule has 1 saturated heterocycles. The molecule has 112 valence electrons. The van der Waals surface area contributed by atoms with E-state index in [2.05, 4.69) is 26.5 Å². The van der Waals surface area contributed by atoms with Crippen molar-refractivity contribution in [1.82, 2.24) is 19.4 Å². The first-order valence-electron chi connectivity index (χ1n) is 6.93. The Balaban J connectivity index is 2.05. The Hall–Kier alpha value is -1.60. The van der Waals surface area contributed by atoms with Crippen molar-refractivity contribution in [2.45, 2.75) is 24.5 Å². The first-order valence-corrected chi connectivity index (χ1v) is 7.92. The summed E-state index contributed by atoms with van der Waals surface area (Å²) < 4.78 is 2.12. The van der Waals surface area contributed by atoms with Crippen molar-refractivity contribution >= 4 is 28.9 Å². The number of nitrogens with zero attached hydrogens (tertiary/aromatic N) is 4. The topological polar surface area (TPSA) is 71.2 Å². The van der Waals surface area contributed by atoms with Crippen molar-refractivity contribution in [1.29, 1.82) is 0 Å². The Morgan fingerprint density at radius 2 is 2.29 bits per heavy atom. The highest BCUT2D eigenvalue weighted by atomic mass is 32.2. The van der Waals surface area contributed by atoms with Crippen LogP contribution in [-0.2, 0) is 4.79 Å². The van der Waals surface area contributed by atoms with Gasteiger partial charge < -0.3 is 10.0 Å². The Morgan fingerprint density at radius 3 is 2.95 bits per heavy atom. The average molecular weight is 306 g/mol. The van der Waals surface area contributed by atoms with Crippen molar-refractivity contribution in [3.63, 3.8) is 0 Å². The SMILES string of the molecule is Cc1ccc2nc(SCC(=O)O)n(C3CCN(C)C3)c2n1. The van der Waals surface area contributed by atoms with Crippen molar-refractivity contribution in [3.05, 3.63) is 17.8 Å². The van der Waals surface area contributed by atoms with Crippen LogP contribution in [0.2, 0.25) is 0 Å². The van der Waals surface area contributed by atoms with Gasteiger partial charge in [0.25, 0.3) is 0 Å². The lowest BCUT2D eigenvalue weighted by atomic mass is 10.2. The number of likely N-dealkylation sites (tertiary alicyclic amines) is 1. The fourth-order valence-corrected chi connectivity index (χ4v) is 3.52. The number of likely N-dealkylation sites (N-methyl/N-ethyl adjacent to an activating group) is 1. The molecule has 2 aromatic rings. The zero-order valence-electron chi connectivity index (χ0n) is 12.1. The van der Waals surface area contributed by atoms with Gasteiger partial charge in [-0.1, -0.05) is 11.8 Å². The second-order valence-electron chi connectivity index (χ2n) is 5.45. The molecule has 1 unspecified atom stereocenters. The fourth-order valence-electron chi connectivity index (χ4n) is 2.73. The molecule has 3 heterocycles. The normalized spacial score (nSPS) is 19.4. The Bertz CT molecular complexity index is 685. The smallest absolute Gasteiger partial charge is 0.313 e. The van der Waals surface area contributed by atoms with Crippen molar-refractivity contribution in [2.75, 3.05) is 25.9 Å². The summed E-state index contributed by atoms with van der Waals surface area (Å²) in [6, 6.07) is 4.20. The third-order valence-corrected chi connectivity index (χ3v) is 4.64. The van der Waals surface area contributed by atoms with Gasteiger partial charge in [0.05, 0.1) is 11.8 Å². The lowest BCUT2D eigenvalue weighted by molar-refractivity contribution is -0.133. The fraction of sp³-hybridized carbons (Fsp3) is 0.500. The number of carboxylic acid groups (broad SMARTS) is 1. The van der Waals surface area contributed by atoms with E-state index in [1.807, 2.05) is 19.1 Å². The largest absolute Gasteiger partial charge is 0.481 e. The predicted octanol–water partition coefficient (Wildman–Crippen LogP) is 1.79. The molecule has 0 amide bonds. The van der Waals surface area contributed by atoms with E-state index in [0.29, 0.717) is 6.04 Å². The van der Waals surface area contributed by atoms with Gasteiger partial charge >= 0.3 is 5.97 Å². The minimum absolute atomic E-state index is 0.0187. The summed E-state index contributed by atoms with van der Waals surface area (Å²) in [6.07, 6.45) is 1.04. The maximum absolute atomic E-state index is 10.8. The molecule has 0 aliphatic carbocycles. The zero-order chi connectivity index (χ0) is 15.0. The minimum Gasteiger partial charge on any atom is -0.481 e. The molecule has 3 rings (SSSR count). The van der Waals surface area contributed by atoms with Crippen LogP contribution in [0.3, 0.4) is 0 Å². The summed E-state index contributed by atoms with van der Waals surface area (Å²) in [7, 11) is 2.10. The average Bonchev–Trinajstić information content (AvgIpc) is 2.99. The van der Waals surface area contributed by atoms with Gasteiger partial charge in [-0.15, -0.1) is 0 Å². The predicted molar refractivity (Wildman–Crippen MR) is 81.8 cm³/mol. The third kappa shape index (κ3) is 2.89. The molecular formula is C14H18N4O2S. The number of carbonyl (C=O) groups is 1. The van der Waals surface area contributed by atoms with Crippen LogP contribution in [0.1, 0.15) is 18.2 Å². The van der Waals surface area contributed by atoms with Crippen molar-refractivity contribution < 1.29 is 9.90 Å². The number of pyridine rings is 1. The van der Waals surface area contributed by atoms with Gasteiger partial charge in [0.1, 0.15) is 5.52 Å². The Morgan fingerprint density at radius 1 is 1.48 bits per heavy atom. The number of fused-ring (bicyclic) bond motifs is 1. The van der Waals surface area contributed by atoms with Crippen LogP contribution >= 0.6 is 11.8 Å². The van der Waals surface area contributed by atoms with E-state index >= 15 is 0 Å². The van der Waals surface area contributed by atoms with E-state index in [9.17, 15) is 4.79 Å². The molecule has 0 aromatic carbocycles. The van der Waals surface area contributed by atoms with Gasteiger partial charge in [-0.25, -0.2) is 9.97 Å². The number of hydrogen-bond donors (Lipinski definition) is 1. The van der Waals surface area contributed by atoms with Crippen LogP contribution in [0.25, 0.3) is 11.2 Å². The molecule has 1 aliphatic heterocycles. The Kier molecular flexibility index (Phi) is 3.86. The van der Waals surface area contributed by atoms with Gasteiger partial charge in [-0.05, 0) is 39.1 Å². The van der Waals surface area contributed by atoms with E-state index < -0.39 is 5.97 Å². The molecule has 1 fully saturated rings. The second-order valence-corrected chi connectivity index (χ2v) is 6.39. The number of rotatable bonds is 4. The number of aliphatic carboxylic acids is 1. The highest BCUT2D eigenvalue weighted by Gasteiger charge is 2.26. The van der Waals surface area contributed by atoms with Gasteiger partial charge in [0.2, 0.25) is 0 Å². The van der Waals surface area contributed by atoms with Crippen LogP contribution in [0.15, 0.2) is 17.3 Å². The molecule has 0 saturated carbocycles. The van der Waals surface area contributed by atoms with Gasteiger partial charge in [-0.3, -0.25) is 9.36 Å². The molecular weight excluding hydrogens is 288 g/mol. The standard InChI is InChI=1S/C14H18N4O2S/c1-9-3-4-11-13(15-9)18(10-5-6-17(2)7-10)14(16-11)21-8-12(19)20/h3-4,10H,5-8H2,1-2H3,(H,19,20). The molecule has 21 heavy (non-hydrogen) atoms. The quantitative estimate of drug-likeness (QED) is 0.868. The van der Waals surface area contributed by atoms with Gasteiger partial charge in [0, 0.05) is 12.2 Å². The highest BCUT2D eigenvalue weighted by Crippen LogP contribution is 2.31. The van der Waals surface area contributed by atoms with Crippen LogP contribution < -0.4 is 0 Å². The molecule has 2 aromatic heterocycles. The Labute approximate surface area is 127 Å². The third-order valence-electron chi connectivity index (χ3n) is 3.70. The number of aromatic nitrogens is 3. The lowest BCUT2D eigenvalue weighted by Crippen LogP contribution is -2.17. The van der Waals surface area contributed by atoms with Crippen molar-refractivity contribution in [3.8, 4) is 0 Å². The number of carboxylic acids is 1. The summed E-state index contributed by atoms with van der Waals surface area (Å²) in [5.74, 6) is -0.809. The van der Waals surface area contributed by atoms with E-state index in [1.54, 1.807) is 0 Å². The van der Waals surface area contributed by atoms with E-state index in [4.69, 9.17) is 5.11 Å².